The molecule has 3 rings (SSSR count). The maximum atomic E-state index is 12.2. The van der Waals surface area contributed by atoms with Crippen LogP contribution in [0.3, 0.4) is 0 Å². The second kappa shape index (κ2) is 8.11. The summed E-state index contributed by atoms with van der Waals surface area (Å²) in [7, 11) is 2.00. The molecule has 1 saturated heterocycles. The van der Waals surface area contributed by atoms with Gasteiger partial charge in [0.2, 0.25) is 0 Å². The number of amides is 1. The first kappa shape index (κ1) is 17.4. The van der Waals surface area contributed by atoms with E-state index in [-0.39, 0.29) is 5.91 Å². The molecule has 7 nitrogen and oxygen atoms in total. The molecular formula is C18H24N4O3. The van der Waals surface area contributed by atoms with E-state index in [1.54, 1.807) is 12.3 Å². The summed E-state index contributed by atoms with van der Waals surface area (Å²) in [6.45, 7) is 3.91. The first-order chi connectivity index (χ1) is 12.2. The molecule has 1 amide bonds. The SMILES string of the molecule is CCCc1cc(CNC(=O)c2ccc(N(C)[C@H]3CCOC3)nc2)on1. The van der Waals surface area contributed by atoms with Gasteiger partial charge in [-0.3, -0.25) is 4.79 Å². The smallest absolute Gasteiger partial charge is 0.253 e. The lowest BCUT2D eigenvalue weighted by Crippen LogP contribution is -2.32. The van der Waals surface area contributed by atoms with Gasteiger partial charge in [0.1, 0.15) is 5.82 Å². The summed E-state index contributed by atoms with van der Waals surface area (Å²) in [5, 5.41) is 6.80. The van der Waals surface area contributed by atoms with Crippen LogP contribution in [0.15, 0.2) is 28.9 Å². The number of aryl methyl sites for hydroxylation is 1. The number of ether oxygens (including phenoxy) is 1. The van der Waals surface area contributed by atoms with E-state index in [4.69, 9.17) is 9.26 Å². The largest absolute Gasteiger partial charge is 0.379 e. The number of pyridine rings is 1. The molecule has 1 N–H and O–H groups in total. The van der Waals surface area contributed by atoms with Crippen molar-refractivity contribution in [2.75, 3.05) is 25.2 Å². The van der Waals surface area contributed by atoms with Crippen molar-refractivity contribution in [2.24, 2.45) is 0 Å². The van der Waals surface area contributed by atoms with Crippen molar-refractivity contribution in [3.8, 4) is 0 Å². The second-order valence-corrected chi connectivity index (χ2v) is 6.25. The zero-order chi connectivity index (χ0) is 17.6. The van der Waals surface area contributed by atoms with Crippen molar-refractivity contribution < 1.29 is 14.1 Å². The van der Waals surface area contributed by atoms with Gasteiger partial charge in [0, 0.05) is 25.9 Å². The Morgan fingerprint density at radius 3 is 3.00 bits per heavy atom. The highest BCUT2D eigenvalue weighted by molar-refractivity contribution is 5.93. The number of hydrogen-bond donors (Lipinski definition) is 1. The highest BCUT2D eigenvalue weighted by Crippen LogP contribution is 2.18. The molecule has 2 aromatic heterocycles. The summed E-state index contributed by atoms with van der Waals surface area (Å²) in [6.07, 6.45) is 4.48. The first-order valence-corrected chi connectivity index (χ1v) is 8.66. The van der Waals surface area contributed by atoms with Gasteiger partial charge >= 0.3 is 0 Å². The van der Waals surface area contributed by atoms with E-state index < -0.39 is 0 Å². The van der Waals surface area contributed by atoms with Crippen LogP contribution in [-0.2, 0) is 17.7 Å². The van der Waals surface area contributed by atoms with Gasteiger partial charge < -0.3 is 19.5 Å². The number of hydrogen-bond acceptors (Lipinski definition) is 6. The highest BCUT2D eigenvalue weighted by atomic mass is 16.5. The maximum Gasteiger partial charge on any atom is 0.253 e. The molecule has 2 aromatic rings. The van der Waals surface area contributed by atoms with E-state index in [1.807, 2.05) is 19.2 Å². The molecule has 1 aliphatic heterocycles. The van der Waals surface area contributed by atoms with Crippen molar-refractivity contribution in [1.82, 2.24) is 15.5 Å². The van der Waals surface area contributed by atoms with Gasteiger partial charge in [0.25, 0.3) is 5.91 Å². The Labute approximate surface area is 147 Å². The fourth-order valence-electron chi connectivity index (χ4n) is 2.83. The minimum absolute atomic E-state index is 0.181. The minimum Gasteiger partial charge on any atom is -0.379 e. The summed E-state index contributed by atoms with van der Waals surface area (Å²) in [6, 6.07) is 5.87. The molecular weight excluding hydrogens is 320 g/mol. The lowest BCUT2D eigenvalue weighted by Gasteiger charge is -2.24. The van der Waals surface area contributed by atoms with Gasteiger partial charge in [0.15, 0.2) is 5.76 Å². The number of aromatic nitrogens is 2. The molecule has 1 aliphatic rings. The fraction of sp³-hybridized carbons (Fsp3) is 0.500. The summed E-state index contributed by atoms with van der Waals surface area (Å²) in [5.41, 5.74) is 1.44. The zero-order valence-corrected chi connectivity index (χ0v) is 14.7. The molecule has 25 heavy (non-hydrogen) atoms. The van der Waals surface area contributed by atoms with Crippen LogP contribution in [-0.4, -0.2) is 42.4 Å². The maximum absolute atomic E-state index is 12.2. The van der Waals surface area contributed by atoms with Crippen LogP contribution in [0.1, 0.15) is 41.6 Å². The van der Waals surface area contributed by atoms with Crippen LogP contribution >= 0.6 is 0 Å². The van der Waals surface area contributed by atoms with E-state index in [1.165, 1.54) is 0 Å². The van der Waals surface area contributed by atoms with Crippen LogP contribution in [0.4, 0.5) is 5.82 Å². The number of anilines is 1. The summed E-state index contributed by atoms with van der Waals surface area (Å²) >= 11 is 0. The number of carbonyl (C=O) groups is 1. The molecule has 134 valence electrons. The predicted molar refractivity (Wildman–Crippen MR) is 93.5 cm³/mol. The molecule has 0 spiro atoms. The van der Waals surface area contributed by atoms with Gasteiger partial charge in [-0.1, -0.05) is 18.5 Å². The Balaban J connectivity index is 1.54. The normalized spacial score (nSPS) is 16.8. The molecule has 0 aromatic carbocycles. The molecule has 3 heterocycles. The zero-order valence-electron chi connectivity index (χ0n) is 14.7. The third-order valence-electron chi connectivity index (χ3n) is 4.36. The van der Waals surface area contributed by atoms with E-state index in [0.29, 0.717) is 23.9 Å². The van der Waals surface area contributed by atoms with Crippen LogP contribution in [0.5, 0.6) is 0 Å². The second-order valence-electron chi connectivity index (χ2n) is 6.25. The van der Waals surface area contributed by atoms with Crippen molar-refractivity contribution in [2.45, 2.75) is 38.8 Å². The molecule has 1 atom stereocenters. The topological polar surface area (TPSA) is 80.5 Å². The Hall–Kier alpha value is -2.41. The third-order valence-corrected chi connectivity index (χ3v) is 4.36. The van der Waals surface area contributed by atoms with Gasteiger partial charge in [-0.2, -0.15) is 0 Å². The van der Waals surface area contributed by atoms with Crippen molar-refractivity contribution in [1.29, 1.82) is 0 Å². The average molecular weight is 344 g/mol. The standard InChI is InChI=1S/C18H24N4O3/c1-3-4-14-9-16(25-21-14)11-20-18(23)13-5-6-17(19-10-13)22(2)15-7-8-24-12-15/h5-6,9-10,15H,3-4,7-8,11-12H2,1-2H3,(H,20,23)/t15-/m0/s1. The Morgan fingerprint density at radius 2 is 2.32 bits per heavy atom. The fourth-order valence-corrected chi connectivity index (χ4v) is 2.83. The van der Waals surface area contributed by atoms with Crippen molar-refractivity contribution >= 4 is 11.7 Å². The van der Waals surface area contributed by atoms with Crippen LogP contribution < -0.4 is 10.2 Å². The molecule has 0 aliphatic carbocycles. The van der Waals surface area contributed by atoms with Gasteiger partial charge in [-0.05, 0) is 25.0 Å². The van der Waals surface area contributed by atoms with E-state index >= 15 is 0 Å². The molecule has 0 bridgehead atoms. The molecule has 0 radical (unpaired) electrons. The van der Waals surface area contributed by atoms with Gasteiger partial charge in [-0.15, -0.1) is 0 Å². The highest BCUT2D eigenvalue weighted by Gasteiger charge is 2.21. The minimum atomic E-state index is -0.181. The van der Waals surface area contributed by atoms with E-state index in [2.05, 4.69) is 27.3 Å². The quantitative estimate of drug-likeness (QED) is 0.829. The van der Waals surface area contributed by atoms with Crippen molar-refractivity contribution in [3.63, 3.8) is 0 Å². The van der Waals surface area contributed by atoms with E-state index in [9.17, 15) is 4.79 Å². The average Bonchev–Trinajstić information content (AvgIpc) is 3.31. The predicted octanol–water partition coefficient (Wildman–Crippen LogP) is 2.18. The third kappa shape index (κ3) is 4.36. The number of nitrogens with zero attached hydrogens (tertiary/aromatic N) is 3. The monoisotopic (exact) mass is 344 g/mol. The van der Waals surface area contributed by atoms with Crippen molar-refractivity contribution in [3.05, 3.63) is 41.4 Å². The molecule has 7 heteroatoms. The number of carbonyl (C=O) groups excluding carboxylic acids is 1. The Bertz CT molecular complexity index is 693. The summed E-state index contributed by atoms with van der Waals surface area (Å²) in [5.74, 6) is 1.31. The number of likely N-dealkylation sites (N-methyl/N-ethyl adjacent to an activating group) is 1. The number of nitrogens with one attached hydrogen (secondary N) is 1. The Morgan fingerprint density at radius 1 is 1.44 bits per heavy atom. The van der Waals surface area contributed by atoms with Gasteiger partial charge in [-0.25, -0.2) is 4.98 Å². The van der Waals surface area contributed by atoms with E-state index in [0.717, 1.165) is 44.0 Å². The molecule has 1 fully saturated rings. The Kier molecular flexibility index (Phi) is 5.65. The number of rotatable bonds is 7. The summed E-state index contributed by atoms with van der Waals surface area (Å²) < 4.78 is 10.6. The lowest BCUT2D eigenvalue weighted by atomic mass is 10.2. The molecule has 0 saturated carbocycles. The van der Waals surface area contributed by atoms with Gasteiger partial charge in [0.05, 0.1) is 30.5 Å². The van der Waals surface area contributed by atoms with Crippen LogP contribution in [0.25, 0.3) is 0 Å². The first-order valence-electron chi connectivity index (χ1n) is 8.66. The van der Waals surface area contributed by atoms with Crippen LogP contribution in [0.2, 0.25) is 0 Å². The summed E-state index contributed by atoms with van der Waals surface area (Å²) in [4.78, 5) is 18.7. The lowest BCUT2D eigenvalue weighted by molar-refractivity contribution is 0.0946. The molecule has 0 unspecified atom stereocenters. The van der Waals surface area contributed by atoms with Crippen LogP contribution in [0, 0.1) is 0 Å².